The zero-order valence-electron chi connectivity index (χ0n) is 10.6. The fourth-order valence-electron chi connectivity index (χ4n) is 1.42. The van der Waals surface area contributed by atoms with E-state index in [4.69, 9.17) is 9.52 Å². The summed E-state index contributed by atoms with van der Waals surface area (Å²) >= 11 is 0. The quantitative estimate of drug-likeness (QED) is 0.754. The fraction of sp³-hybridized carbons (Fsp3) is 0.583. The lowest BCUT2D eigenvalue weighted by Gasteiger charge is -2.15. The summed E-state index contributed by atoms with van der Waals surface area (Å²) in [6, 6.07) is 3.54. The molecule has 1 unspecified atom stereocenters. The molecular weight excluding hydrogens is 220 g/mol. The van der Waals surface area contributed by atoms with Crippen molar-refractivity contribution in [2.75, 3.05) is 20.6 Å². The van der Waals surface area contributed by atoms with Crippen LogP contribution in [0.25, 0.3) is 0 Å². The molecular formula is C12H20N2O3. The number of furan rings is 1. The zero-order chi connectivity index (χ0) is 12.8. The second-order valence-electron chi connectivity index (χ2n) is 4.45. The topological polar surface area (TPSA) is 65.7 Å². The van der Waals surface area contributed by atoms with E-state index >= 15 is 0 Å². The van der Waals surface area contributed by atoms with Gasteiger partial charge >= 0.3 is 5.97 Å². The van der Waals surface area contributed by atoms with E-state index in [9.17, 15) is 4.79 Å². The molecule has 0 aromatic carbocycles. The van der Waals surface area contributed by atoms with Crippen molar-refractivity contribution in [2.45, 2.75) is 25.9 Å². The van der Waals surface area contributed by atoms with Crippen molar-refractivity contribution < 1.29 is 14.3 Å². The lowest BCUT2D eigenvalue weighted by molar-refractivity contribution is 0.0660. The molecule has 0 aliphatic heterocycles. The predicted octanol–water partition coefficient (Wildman–Crippen LogP) is 1.41. The van der Waals surface area contributed by atoms with Gasteiger partial charge in [-0.25, -0.2) is 4.79 Å². The van der Waals surface area contributed by atoms with Crippen LogP contribution in [0, 0.1) is 0 Å². The molecule has 0 spiro atoms. The van der Waals surface area contributed by atoms with Crippen LogP contribution in [0.3, 0.4) is 0 Å². The largest absolute Gasteiger partial charge is 0.475 e. The summed E-state index contributed by atoms with van der Waals surface area (Å²) in [4.78, 5) is 12.7. The number of carbonyl (C=O) groups is 1. The Morgan fingerprint density at radius 2 is 2.24 bits per heavy atom. The van der Waals surface area contributed by atoms with E-state index in [2.05, 4.69) is 17.1 Å². The van der Waals surface area contributed by atoms with Crippen LogP contribution < -0.4 is 5.32 Å². The van der Waals surface area contributed by atoms with Crippen LogP contribution in [-0.2, 0) is 6.54 Å². The molecule has 0 aliphatic carbocycles. The first-order valence-corrected chi connectivity index (χ1v) is 5.69. The second-order valence-corrected chi connectivity index (χ2v) is 4.45. The molecule has 1 heterocycles. The van der Waals surface area contributed by atoms with Gasteiger partial charge in [0.15, 0.2) is 0 Å². The van der Waals surface area contributed by atoms with Gasteiger partial charge in [-0.2, -0.15) is 0 Å². The maximum atomic E-state index is 10.6. The van der Waals surface area contributed by atoms with Crippen molar-refractivity contribution in [1.29, 1.82) is 0 Å². The van der Waals surface area contributed by atoms with Crippen molar-refractivity contribution in [1.82, 2.24) is 10.2 Å². The van der Waals surface area contributed by atoms with Crippen LogP contribution in [0.2, 0.25) is 0 Å². The standard InChI is InChI=1S/C12H20N2O3/c1-9(6-7-14(2)3)13-8-10-4-5-11(17-10)12(15)16/h4-5,9,13H,6-8H2,1-3H3,(H,15,16). The van der Waals surface area contributed by atoms with Gasteiger partial charge in [0.2, 0.25) is 5.76 Å². The van der Waals surface area contributed by atoms with E-state index in [0.717, 1.165) is 13.0 Å². The molecule has 1 rings (SSSR count). The van der Waals surface area contributed by atoms with Crippen molar-refractivity contribution in [2.24, 2.45) is 0 Å². The van der Waals surface area contributed by atoms with E-state index in [-0.39, 0.29) is 5.76 Å². The summed E-state index contributed by atoms with van der Waals surface area (Å²) in [7, 11) is 4.08. The molecule has 1 aromatic rings. The molecule has 5 heteroatoms. The summed E-state index contributed by atoms with van der Waals surface area (Å²) in [6.07, 6.45) is 1.04. The summed E-state index contributed by atoms with van der Waals surface area (Å²) in [5.74, 6) is -0.390. The Kier molecular flexibility index (Phi) is 5.18. The molecule has 0 fully saturated rings. The first-order valence-electron chi connectivity index (χ1n) is 5.69. The Hall–Kier alpha value is -1.33. The Morgan fingerprint density at radius 1 is 1.53 bits per heavy atom. The highest BCUT2D eigenvalue weighted by atomic mass is 16.4. The van der Waals surface area contributed by atoms with Crippen LogP contribution in [0.5, 0.6) is 0 Å². The van der Waals surface area contributed by atoms with Gasteiger partial charge in [0.05, 0.1) is 6.54 Å². The number of hydrogen-bond acceptors (Lipinski definition) is 4. The lowest BCUT2D eigenvalue weighted by Crippen LogP contribution is -2.29. The van der Waals surface area contributed by atoms with E-state index in [1.165, 1.54) is 6.07 Å². The van der Waals surface area contributed by atoms with Crippen LogP contribution in [0.1, 0.15) is 29.7 Å². The Bertz CT molecular complexity index is 360. The molecule has 1 aromatic heterocycles. The van der Waals surface area contributed by atoms with Crippen LogP contribution in [0.4, 0.5) is 0 Å². The third-order valence-electron chi connectivity index (χ3n) is 2.51. The number of nitrogens with zero attached hydrogens (tertiary/aromatic N) is 1. The number of carboxylic acids is 1. The molecule has 5 nitrogen and oxygen atoms in total. The van der Waals surface area contributed by atoms with E-state index in [1.54, 1.807) is 6.07 Å². The SMILES string of the molecule is CC(CCN(C)C)NCc1ccc(C(=O)O)o1. The summed E-state index contributed by atoms with van der Waals surface area (Å²) in [5, 5.41) is 12.0. The third kappa shape index (κ3) is 5.01. The molecule has 96 valence electrons. The van der Waals surface area contributed by atoms with Crippen LogP contribution >= 0.6 is 0 Å². The zero-order valence-corrected chi connectivity index (χ0v) is 10.6. The highest BCUT2D eigenvalue weighted by molar-refractivity contribution is 5.84. The third-order valence-corrected chi connectivity index (χ3v) is 2.51. The minimum Gasteiger partial charge on any atom is -0.475 e. The number of carboxylic acid groups (broad SMARTS) is 1. The molecule has 1 atom stereocenters. The maximum Gasteiger partial charge on any atom is 0.371 e. The minimum absolute atomic E-state index is 0.0113. The van der Waals surface area contributed by atoms with Crippen molar-refractivity contribution in [3.05, 3.63) is 23.7 Å². The van der Waals surface area contributed by atoms with Crippen molar-refractivity contribution >= 4 is 5.97 Å². The van der Waals surface area contributed by atoms with Gasteiger partial charge in [0, 0.05) is 6.04 Å². The van der Waals surface area contributed by atoms with Gasteiger partial charge in [-0.05, 0) is 46.1 Å². The normalized spacial score (nSPS) is 12.9. The number of hydrogen-bond donors (Lipinski definition) is 2. The first-order chi connectivity index (χ1) is 7.99. The lowest BCUT2D eigenvalue weighted by atomic mass is 10.2. The molecule has 2 N–H and O–H groups in total. The molecule has 0 radical (unpaired) electrons. The summed E-state index contributed by atoms with van der Waals surface area (Å²) < 4.78 is 5.15. The second kappa shape index (κ2) is 6.42. The molecule has 0 saturated heterocycles. The van der Waals surface area contributed by atoms with Gasteiger partial charge in [0.25, 0.3) is 0 Å². The maximum absolute atomic E-state index is 10.6. The first kappa shape index (κ1) is 13.7. The average molecular weight is 240 g/mol. The van der Waals surface area contributed by atoms with Crippen LogP contribution in [-0.4, -0.2) is 42.7 Å². The summed E-state index contributed by atoms with van der Waals surface area (Å²) in [6.45, 7) is 3.68. The average Bonchev–Trinajstić information content (AvgIpc) is 2.72. The highest BCUT2D eigenvalue weighted by Crippen LogP contribution is 2.08. The van der Waals surface area contributed by atoms with E-state index in [0.29, 0.717) is 18.3 Å². The molecule has 0 amide bonds. The van der Waals surface area contributed by atoms with Gasteiger partial charge in [-0.15, -0.1) is 0 Å². The van der Waals surface area contributed by atoms with Gasteiger partial charge in [0.1, 0.15) is 5.76 Å². The fourth-order valence-corrected chi connectivity index (χ4v) is 1.42. The Morgan fingerprint density at radius 3 is 2.76 bits per heavy atom. The Balaban J connectivity index is 2.31. The van der Waals surface area contributed by atoms with Gasteiger partial charge in [-0.3, -0.25) is 0 Å². The number of aromatic carboxylic acids is 1. The monoisotopic (exact) mass is 240 g/mol. The van der Waals surface area contributed by atoms with Crippen molar-refractivity contribution in [3.8, 4) is 0 Å². The van der Waals surface area contributed by atoms with E-state index in [1.807, 2.05) is 14.1 Å². The van der Waals surface area contributed by atoms with Gasteiger partial charge in [-0.1, -0.05) is 0 Å². The summed E-state index contributed by atoms with van der Waals surface area (Å²) in [5.41, 5.74) is 0. The van der Waals surface area contributed by atoms with Crippen LogP contribution in [0.15, 0.2) is 16.5 Å². The number of nitrogens with one attached hydrogen (secondary N) is 1. The van der Waals surface area contributed by atoms with Crippen molar-refractivity contribution in [3.63, 3.8) is 0 Å². The molecule has 0 saturated carbocycles. The molecule has 0 aliphatic rings. The van der Waals surface area contributed by atoms with Gasteiger partial charge < -0.3 is 19.7 Å². The number of rotatable bonds is 7. The predicted molar refractivity (Wildman–Crippen MR) is 65.1 cm³/mol. The Labute approximate surface area is 101 Å². The minimum atomic E-state index is -1.03. The van der Waals surface area contributed by atoms with E-state index < -0.39 is 5.97 Å². The smallest absolute Gasteiger partial charge is 0.371 e. The molecule has 17 heavy (non-hydrogen) atoms. The highest BCUT2D eigenvalue weighted by Gasteiger charge is 2.09. The molecule has 0 bridgehead atoms.